The number of fused-ring (bicyclic) bond motifs is 3. The third-order valence-corrected chi connectivity index (χ3v) is 4.18. The largest absolute Gasteiger partial charge is 0.359 e. The smallest absolute Gasteiger partial charge is 0.257 e. The number of nitrogens with one attached hydrogen (secondary N) is 1. The van der Waals surface area contributed by atoms with Crippen LogP contribution in [0.5, 0.6) is 0 Å². The fourth-order valence-electron chi connectivity index (χ4n) is 2.86. The van der Waals surface area contributed by atoms with Crippen molar-refractivity contribution in [2.45, 2.75) is 12.5 Å². The first-order valence-electron chi connectivity index (χ1n) is 7.10. The Bertz CT molecular complexity index is 934. The molecule has 5 heteroatoms. The maximum Gasteiger partial charge on any atom is 0.257 e. The van der Waals surface area contributed by atoms with Crippen LogP contribution in [0.2, 0.25) is 0 Å². The van der Waals surface area contributed by atoms with Gasteiger partial charge >= 0.3 is 0 Å². The Morgan fingerprint density at radius 3 is 2.64 bits per heavy atom. The van der Waals surface area contributed by atoms with E-state index in [0.717, 1.165) is 22.3 Å². The predicted octanol–water partition coefficient (Wildman–Crippen LogP) is 3.44. The quantitative estimate of drug-likeness (QED) is 0.737. The van der Waals surface area contributed by atoms with E-state index in [-0.39, 0.29) is 11.9 Å². The third kappa shape index (κ3) is 2.02. The Labute approximate surface area is 132 Å². The summed E-state index contributed by atoms with van der Waals surface area (Å²) < 4.78 is 1.83. The van der Waals surface area contributed by atoms with Gasteiger partial charge < -0.3 is 5.32 Å². The van der Waals surface area contributed by atoms with Gasteiger partial charge in [-0.3, -0.25) is 4.79 Å². The van der Waals surface area contributed by atoms with Gasteiger partial charge in [0, 0.05) is 11.8 Å². The Balaban J connectivity index is 1.79. The third-order valence-electron chi connectivity index (χ3n) is 3.90. The van der Waals surface area contributed by atoms with Crippen LogP contribution in [0.3, 0.4) is 0 Å². The van der Waals surface area contributed by atoms with Gasteiger partial charge in [-0.25, -0.2) is 9.55 Å². The highest BCUT2D eigenvalue weighted by Gasteiger charge is 2.31. The number of para-hydroxylation sites is 1. The van der Waals surface area contributed by atoms with Crippen molar-refractivity contribution in [1.82, 2.24) is 9.55 Å². The SMILES string of the molecule is O=C1[C@H](Cc2ccccc2)Nc2c3ccccc3nc(=S)n21. The number of hydrogen-bond donors (Lipinski definition) is 1. The zero-order valence-electron chi connectivity index (χ0n) is 11.7. The number of carbonyl (C=O) groups is 1. The number of carbonyl (C=O) groups excluding carboxylic acids is 1. The van der Waals surface area contributed by atoms with Crippen LogP contribution in [-0.4, -0.2) is 21.5 Å². The summed E-state index contributed by atoms with van der Waals surface area (Å²) in [4.78, 5) is 17.0. The number of rotatable bonds is 2. The highest BCUT2D eigenvalue weighted by Crippen LogP contribution is 2.28. The molecule has 0 saturated heterocycles. The molecule has 4 rings (SSSR count). The van der Waals surface area contributed by atoms with E-state index in [1.54, 1.807) is 0 Å². The summed E-state index contributed by atoms with van der Waals surface area (Å²) in [5.41, 5.74) is 1.92. The first-order valence-corrected chi connectivity index (χ1v) is 7.51. The van der Waals surface area contributed by atoms with Gasteiger partial charge in [0.05, 0.1) is 5.52 Å². The molecular weight excluding hydrogens is 294 g/mol. The van der Waals surface area contributed by atoms with Gasteiger partial charge in [-0.05, 0) is 29.9 Å². The summed E-state index contributed by atoms with van der Waals surface area (Å²) in [5, 5.41) is 4.24. The Morgan fingerprint density at radius 1 is 1.09 bits per heavy atom. The number of aromatic nitrogens is 2. The van der Waals surface area contributed by atoms with E-state index in [1.165, 1.54) is 4.57 Å². The molecule has 2 heterocycles. The zero-order chi connectivity index (χ0) is 15.1. The lowest BCUT2D eigenvalue weighted by molar-refractivity contribution is 0.0905. The highest BCUT2D eigenvalue weighted by molar-refractivity contribution is 7.71. The second-order valence-corrected chi connectivity index (χ2v) is 5.69. The number of benzene rings is 2. The van der Waals surface area contributed by atoms with Gasteiger partial charge in [-0.2, -0.15) is 0 Å². The molecule has 0 radical (unpaired) electrons. The standard InChI is InChI=1S/C17H13N3OS/c21-16-14(10-11-6-2-1-3-7-11)18-15-12-8-4-5-9-13(12)19-17(22)20(15)16/h1-9,14,18H,10H2/t14-/m0/s1. The number of hydrogen-bond acceptors (Lipinski definition) is 4. The maximum atomic E-state index is 12.7. The molecule has 0 unspecified atom stereocenters. The molecule has 1 aliphatic rings. The van der Waals surface area contributed by atoms with Gasteiger partial charge in [0.15, 0.2) is 0 Å². The minimum absolute atomic E-state index is 0.0397. The van der Waals surface area contributed by atoms with Crippen molar-refractivity contribution in [3.05, 3.63) is 64.9 Å². The van der Waals surface area contributed by atoms with Gasteiger partial charge in [-0.1, -0.05) is 42.5 Å². The molecule has 108 valence electrons. The van der Waals surface area contributed by atoms with Gasteiger partial charge in [0.2, 0.25) is 4.77 Å². The van der Waals surface area contributed by atoms with Crippen molar-refractivity contribution in [3.63, 3.8) is 0 Å². The van der Waals surface area contributed by atoms with Crippen LogP contribution in [0.4, 0.5) is 5.82 Å². The van der Waals surface area contributed by atoms with Crippen LogP contribution in [0, 0.1) is 4.77 Å². The molecule has 1 aromatic heterocycles. The van der Waals surface area contributed by atoms with E-state index in [4.69, 9.17) is 12.2 Å². The molecule has 0 bridgehead atoms. The summed E-state index contributed by atoms with van der Waals surface area (Å²) in [6.45, 7) is 0. The Hall–Kier alpha value is -2.53. The van der Waals surface area contributed by atoms with Crippen LogP contribution >= 0.6 is 12.2 Å². The molecular formula is C17H13N3OS. The van der Waals surface area contributed by atoms with Crippen LogP contribution in [0.1, 0.15) is 10.4 Å². The zero-order valence-corrected chi connectivity index (χ0v) is 12.5. The molecule has 4 nitrogen and oxygen atoms in total. The van der Waals surface area contributed by atoms with Crippen molar-refractivity contribution in [2.24, 2.45) is 0 Å². The van der Waals surface area contributed by atoms with E-state index in [0.29, 0.717) is 11.2 Å². The summed E-state index contributed by atoms with van der Waals surface area (Å²) in [5.74, 6) is 0.712. The first-order chi connectivity index (χ1) is 10.7. The summed E-state index contributed by atoms with van der Waals surface area (Å²) in [6, 6.07) is 17.4. The fraction of sp³-hybridized carbons (Fsp3) is 0.118. The normalized spacial score (nSPS) is 16.5. The Kier molecular flexibility index (Phi) is 3.01. The Morgan fingerprint density at radius 2 is 1.82 bits per heavy atom. The van der Waals surface area contributed by atoms with Gasteiger partial charge in [0.1, 0.15) is 11.9 Å². The molecule has 0 saturated carbocycles. The molecule has 2 aromatic carbocycles. The van der Waals surface area contributed by atoms with Crippen molar-refractivity contribution < 1.29 is 4.79 Å². The summed E-state index contributed by atoms with van der Waals surface area (Å²) >= 11 is 5.29. The molecule has 0 spiro atoms. The highest BCUT2D eigenvalue weighted by atomic mass is 32.1. The van der Waals surface area contributed by atoms with Crippen molar-refractivity contribution in [2.75, 3.05) is 5.32 Å². The lowest BCUT2D eigenvalue weighted by atomic mass is 10.1. The van der Waals surface area contributed by atoms with E-state index in [1.807, 2.05) is 54.6 Å². The predicted molar refractivity (Wildman–Crippen MR) is 88.8 cm³/mol. The lowest BCUT2D eigenvalue weighted by Crippen LogP contribution is -2.27. The molecule has 22 heavy (non-hydrogen) atoms. The number of anilines is 1. The molecule has 1 aliphatic heterocycles. The minimum atomic E-state index is -0.309. The fourth-order valence-corrected chi connectivity index (χ4v) is 3.14. The second-order valence-electron chi connectivity index (χ2n) is 5.32. The van der Waals surface area contributed by atoms with Crippen molar-refractivity contribution in [1.29, 1.82) is 0 Å². The number of nitrogens with zero attached hydrogens (tertiary/aromatic N) is 2. The van der Waals surface area contributed by atoms with Crippen LogP contribution in [0.15, 0.2) is 54.6 Å². The summed E-state index contributed by atoms with van der Waals surface area (Å²) in [7, 11) is 0. The molecule has 0 amide bonds. The van der Waals surface area contributed by atoms with Crippen LogP contribution in [0.25, 0.3) is 10.9 Å². The van der Waals surface area contributed by atoms with Crippen LogP contribution < -0.4 is 5.32 Å². The molecule has 3 aromatic rings. The van der Waals surface area contributed by atoms with Crippen molar-refractivity contribution in [3.8, 4) is 0 Å². The average Bonchev–Trinajstić information content (AvgIpc) is 2.86. The van der Waals surface area contributed by atoms with Gasteiger partial charge in [0.25, 0.3) is 5.91 Å². The second kappa shape index (κ2) is 5.03. The van der Waals surface area contributed by atoms with E-state index < -0.39 is 0 Å². The summed E-state index contributed by atoms with van der Waals surface area (Å²) in [6.07, 6.45) is 0.629. The van der Waals surface area contributed by atoms with E-state index in [9.17, 15) is 4.79 Å². The lowest BCUT2D eigenvalue weighted by Gasteiger charge is -2.08. The molecule has 0 aliphatic carbocycles. The molecule has 1 N–H and O–H groups in total. The minimum Gasteiger partial charge on any atom is -0.359 e. The average molecular weight is 307 g/mol. The first kappa shape index (κ1) is 13.2. The molecule has 0 fully saturated rings. The molecule has 1 atom stereocenters. The van der Waals surface area contributed by atoms with E-state index >= 15 is 0 Å². The van der Waals surface area contributed by atoms with Crippen molar-refractivity contribution >= 4 is 34.8 Å². The van der Waals surface area contributed by atoms with Crippen LogP contribution in [-0.2, 0) is 6.42 Å². The topological polar surface area (TPSA) is 46.9 Å². The maximum absolute atomic E-state index is 12.7. The van der Waals surface area contributed by atoms with E-state index in [2.05, 4.69) is 10.3 Å². The monoisotopic (exact) mass is 307 g/mol. The van der Waals surface area contributed by atoms with Gasteiger partial charge in [-0.15, -0.1) is 0 Å².